The predicted octanol–water partition coefficient (Wildman–Crippen LogP) is 2.47. The van der Waals surface area contributed by atoms with Crippen LogP contribution in [0, 0.1) is 5.82 Å². The fourth-order valence-corrected chi connectivity index (χ4v) is 3.55. The molecule has 4 rings (SSSR count). The molecule has 0 bridgehead atoms. The van der Waals surface area contributed by atoms with Gasteiger partial charge in [-0.25, -0.2) is 13.7 Å². The van der Waals surface area contributed by atoms with E-state index in [2.05, 4.69) is 20.3 Å². The number of halogens is 1. The molecule has 10 heteroatoms. The highest BCUT2D eigenvalue weighted by molar-refractivity contribution is 5.65. The molecule has 1 aliphatic heterocycles. The van der Waals surface area contributed by atoms with E-state index in [9.17, 15) is 9.18 Å². The van der Waals surface area contributed by atoms with Gasteiger partial charge in [-0.2, -0.15) is 10.1 Å². The minimum absolute atomic E-state index is 0.0229. The van der Waals surface area contributed by atoms with Crippen molar-refractivity contribution in [3.63, 3.8) is 0 Å². The number of aromatic nitrogens is 3. The summed E-state index contributed by atoms with van der Waals surface area (Å²) in [7, 11) is 0. The fraction of sp³-hybridized carbons (Fsp3) is 0.316. The third-order valence-electron chi connectivity index (χ3n) is 4.98. The van der Waals surface area contributed by atoms with Gasteiger partial charge < -0.3 is 20.9 Å². The topological polar surface area (TPSA) is 118 Å². The van der Waals surface area contributed by atoms with Crippen molar-refractivity contribution in [2.24, 2.45) is 0 Å². The molecule has 29 heavy (non-hydrogen) atoms. The summed E-state index contributed by atoms with van der Waals surface area (Å²) in [5.74, 6) is -0.276. The van der Waals surface area contributed by atoms with Crippen LogP contribution in [-0.4, -0.2) is 49.8 Å². The number of benzene rings is 1. The van der Waals surface area contributed by atoms with E-state index in [4.69, 9.17) is 15.6 Å². The van der Waals surface area contributed by atoms with Crippen LogP contribution in [0.2, 0.25) is 0 Å². The van der Waals surface area contributed by atoms with Crippen molar-refractivity contribution in [3.05, 3.63) is 48.2 Å². The molecular formula is C19H21FN6O3. The summed E-state index contributed by atoms with van der Waals surface area (Å²) in [6.45, 7) is 2.15. The van der Waals surface area contributed by atoms with Crippen molar-refractivity contribution >= 4 is 17.3 Å². The van der Waals surface area contributed by atoms with Crippen molar-refractivity contribution in [3.8, 4) is 11.6 Å². The Hall–Kier alpha value is -3.40. The van der Waals surface area contributed by atoms with Crippen LogP contribution >= 0.6 is 0 Å². The first-order valence-corrected chi connectivity index (χ1v) is 9.25. The standard InChI is InChI=1S/C19H21FN6O3/c20-15-9-13(21)1-2-16(15)29-18-17-12(3-8-26(17)23-11-22-18)10-25-6-4-14(5-7-25)24-19(27)28/h1-3,8-9,11,14,24H,4-7,10,21H2,(H,27,28). The van der Waals surface area contributed by atoms with Crippen LogP contribution in [0.25, 0.3) is 5.52 Å². The zero-order chi connectivity index (χ0) is 20.4. The second-order valence-corrected chi connectivity index (χ2v) is 6.99. The smallest absolute Gasteiger partial charge is 0.404 e. The van der Waals surface area contributed by atoms with Gasteiger partial charge in [-0.15, -0.1) is 0 Å². The summed E-state index contributed by atoms with van der Waals surface area (Å²) in [6, 6.07) is 6.13. The summed E-state index contributed by atoms with van der Waals surface area (Å²) >= 11 is 0. The van der Waals surface area contributed by atoms with Crippen molar-refractivity contribution < 1.29 is 19.0 Å². The molecule has 3 aromatic rings. The predicted molar refractivity (Wildman–Crippen MR) is 103 cm³/mol. The van der Waals surface area contributed by atoms with E-state index in [0.717, 1.165) is 31.5 Å². The Kier molecular flexibility index (Phi) is 5.17. The van der Waals surface area contributed by atoms with Gasteiger partial charge in [-0.3, -0.25) is 4.90 Å². The monoisotopic (exact) mass is 400 g/mol. The molecule has 1 saturated heterocycles. The quantitative estimate of drug-likeness (QED) is 0.563. The number of hydrogen-bond acceptors (Lipinski definition) is 6. The molecule has 9 nitrogen and oxygen atoms in total. The molecule has 1 fully saturated rings. The van der Waals surface area contributed by atoms with Crippen molar-refractivity contribution in [2.45, 2.75) is 25.4 Å². The molecule has 152 valence electrons. The summed E-state index contributed by atoms with van der Waals surface area (Å²) in [5, 5.41) is 15.6. The number of likely N-dealkylation sites (tertiary alicyclic amines) is 1. The van der Waals surface area contributed by atoms with E-state index in [1.54, 1.807) is 16.8 Å². The van der Waals surface area contributed by atoms with E-state index in [0.29, 0.717) is 17.7 Å². The summed E-state index contributed by atoms with van der Waals surface area (Å²) in [5.41, 5.74) is 7.51. The average molecular weight is 400 g/mol. The molecule has 0 aliphatic carbocycles. The maximum absolute atomic E-state index is 14.2. The Morgan fingerprint density at radius 2 is 2.14 bits per heavy atom. The molecule has 0 radical (unpaired) electrons. The number of nitrogen functional groups attached to an aromatic ring is 1. The summed E-state index contributed by atoms with van der Waals surface area (Å²) < 4.78 is 21.5. The molecular weight excluding hydrogens is 379 g/mol. The molecule has 0 atom stereocenters. The van der Waals surface area contributed by atoms with E-state index in [1.807, 2.05) is 6.07 Å². The van der Waals surface area contributed by atoms with Gasteiger partial charge in [0.15, 0.2) is 11.6 Å². The number of ether oxygens (including phenoxy) is 1. The van der Waals surface area contributed by atoms with Crippen LogP contribution in [0.4, 0.5) is 14.9 Å². The molecule has 1 aromatic carbocycles. The lowest BCUT2D eigenvalue weighted by molar-refractivity contribution is 0.165. The van der Waals surface area contributed by atoms with Gasteiger partial charge in [-0.05, 0) is 36.6 Å². The maximum atomic E-state index is 14.2. The van der Waals surface area contributed by atoms with Crippen LogP contribution < -0.4 is 15.8 Å². The number of nitrogens with zero attached hydrogens (tertiary/aromatic N) is 4. The second-order valence-electron chi connectivity index (χ2n) is 6.99. The Morgan fingerprint density at radius 3 is 2.86 bits per heavy atom. The summed E-state index contributed by atoms with van der Waals surface area (Å²) in [6.07, 6.45) is 3.65. The third kappa shape index (κ3) is 4.21. The van der Waals surface area contributed by atoms with Crippen LogP contribution in [0.3, 0.4) is 0 Å². The first-order chi connectivity index (χ1) is 14.0. The fourth-order valence-electron chi connectivity index (χ4n) is 3.55. The van der Waals surface area contributed by atoms with E-state index in [-0.39, 0.29) is 17.7 Å². The Labute approximate surface area is 165 Å². The Morgan fingerprint density at radius 1 is 1.34 bits per heavy atom. The SMILES string of the molecule is Nc1ccc(Oc2ncnn3ccc(CN4CCC(NC(=O)O)CC4)c23)c(F)c1. The number of carbonyl (C=O) groups is 1. The lowest BCUT2D eigenvalue weighted by Crippen LogP contribution is -2.43. The highest BCUT2D eigenvalue weighted by Crippen LogP contribution is 2.30. The molecule has 0 unspecified atom stereocenters. The summed E-state index contributed by atoms with van der Waals surface area (Å²) in [4.78, 5) is 17.2. The van der Waals surface area contributed by atoms with E-state index >= 15 is 0 Å². The zero-order valence-corrected chi connectivity index (χ0v) is 15.6. The molecule has 2 aromatic heterocycles. The van der Waals surface area contributed by atoms with Crippen LogP contribution in [0.5, 0.6) is 11.6 Å². The van der Waals surface area contributed by atoms with Gasteiger partial charge in [0, 0.05) is 43.6 Å². The molecule has 1 amide bonds. The number of rotatable bonds is 5. The van der Waals surface area contributed by atoms with Gasteiger partial charge in [0.2, 0.25) is 5.88 Å². The molecule has 3 heterocycles. The normalized spacial score (nSPS) is 15.5. The van der Waals surface area contributed by atoms with Crippen molar-refractivity contribution in [2.75, 3.05) is 18.8 Å². The second kappa shape index (κ2) is 7.92. The van der Waals surface area contributed by atoms with E-state index in [1.165, 1.54) is 18.5 Å². The van der Waals surface area contributed by atoms with Crippen molar-refractivity contribution in [1.82, 2.24) is 24.8 Å². The van der Waals surface area contributed by atoms with Gasteiger partial charge in [-0.1, -0.05) is 0 Å². The zero-order valence-electron chi connectivity index (χ0n) is 15.6. The molecule has 0 saturated carbocycles. The average Bonchev–Trinajstić information content (AvgIpc) is 3.09. The third-order valence-corrected chi connectivity index (χ3v) is 4.98. The van der Waals surface area contributed by atoms with Crippen LogP contribution in [0.1, 0.15) is 18.4 Å². The number of amides is 1. The van der Waals surface area contributed by atoms with Gasteiger partial charge in [0.1, 0.15) is 11.8 Å². The Bertz CT molecular complexity index is 1030. The van der Waals surface area contributed by atoms with Crippen molar-refractivity contribution in [1.29, 1.82) is 0 Å². The number of nitrogens with two attached hydrogens (primary N) is 1. The lowest BCUT2D eigenvalue weighted by Gasteiger charge is -2.31. The molecule has 1 aliphatic rings. The number of carboxylic acid groups (broad SMARTS) is 1. The molecule has 4 N–H and O–H groups in total. The first kappa shape index (κ1) is 18.9. The van der Waals surface area contributed by atoms with Crippen LogP contribution in [-0.2, 0) is 6.54 Å². The highest BCUT2D eigenvalue weighted by Gasteiger charge is 2.22. The maximum Gasteiger partial charge on any atom is 0.404 e. The largest absolute Gasteiger partial charge is 0.465 e. The van der Waals surface area contributed by atoms with Gasteiger partial charge >= 0.3 is 6.09 Å². The molecule has 0 spiro atoms. The lowest BCUT2D eigenvalue weighted by atomic mass is 10.0. The van der Waals surface area contributed by atoms with Gasteiger partial charge in [0.25, 0.3) is 0 Å². The minimum atomic E-state index is -0.990. The Balaban J connectivity index is 1.53. The minimum Gasteiger partial charge on any atom is -0.465 e. The number of fused-ring (bicyclic) bond motifs is 1. The van der Waals surface area contributed by atoms with Gasteiger partial charge in [0.05, 0.1) is 0 Å². The first-order valence-electron chi connectivity index (χ1n) is 9.25. The number of hydrogen-bond donors (Lipinski definition) is 3. The van der Waals surface area contributed by atoms with Crippen LogP contribution in [0.15, 0.2) is 36.8 Å². The number of anilines is 1. The van der Waals surface area contributed by atoms with E-state index < -0.39 is 11.9 Å². The highest BCUT2D eigenvalue weighted by atomic mass is 19.1. The number of nitrogens with one attached hydrogen (secondary N) is 1. The number of piperidine rings is 1.